The van der Waals surface area contributed by atoms with Gasteiger partial charge in [0.15, 0.2) is 0 Å². The summed E-state index contributed by atoms with van der Waals surface area (Å²) in [7, 11) is 0. The second-order valence-corrected chi connectivity index (χ2v) is 6.69. The summed E-state index contributed by atoms with van der Waals surface area (Å²) in [5.41, 5.74) is 0. The average Bonchev–Trinajstić information content (AvgIpc) is 2.57. The van der Waals surface area contributed by atoms with E-state index >= 15 is 0 Å². The Hall–Kier alpha value is -0.200. The van der Waals surface area contributed by atoms with Crippen molar-refractivity contribution in [3.63, 3.8) is 0 Å². The molecular formula is C17H34N2O3. The molecule has 2 rings (SSSR count). The lowest BCUT2D eigenvalue weighted by Gasteiger charge is -2.37. The smallest absolute Gasteiger partial charge is 0.0695 e. The topological polar surface area (TPSA) is 56.2 Å². The molecule has 5 heteroatoms. The summed E-state index contributed by atoms with van der Waals surface area (Å²) in [6.07, 6.45) is 7.17. The van der Waals surface area contributed by atoms with Gasteiger partial charge in [0.05, 0.1) is 19.3 Å². The Morgan fingerprint density at radius 2 is 1.64 bits per heavy atom. The number of ether oxygens (including phenoxy) is 1. The number of hydrogen-bond acceptors (Lipinski definition) is 5. The average molecular weight is 314 g/mol. The third-order valence-electron chi connectivity index (χ3n) is 5.04. The van der Waals surface area contributed by atoms with Crippen LogP contribution in [-0.4, -0.2) is 84.7 Å². The number of hydrogen-bond donors (Lipinski definition) is 2. The molecule has 0 amide bonds. The quantitative estimate of drug-likeness (QED) is 0.667. The van der Waals surface area contributed by atoms with Gasteiger partial charge in [-0.15, -0.1) is 0 Å². The van der Waals surface area contributed by atoms with E-state index in [2.05, 4.69) is 9.80 Å². The van der Waals surface area contributed by atoms with E-state index in [4.69, 9.17) is 9.84 Å². The summed E-state index contributed by atoms with van der Waals surface area (Å²) in [5, 5.41) is 19.8. The van der Waals surface area contributed by atoms with Gasteiger partial charge in [0.1, 0.15) is 0 Å². The van der Waals surface area contributed by atoms with Crippen LogP contribution < -0.4 is 0 Å². The summed E-state index contributed by atoms with van der Waals surface area (Å²) in [4.78, 5) is 4.89. The number of rotatable bonds is 9. The van der Waals surface area contributed by atoms with Crippen molar-refractivity contribution in [2.75, 3.05) is 52.5 Å². The molecule has 22 heavy (non-hydrogen) atoms. The van der Waals surface area contributed by atoms with Crippen molar-refractivity contribution in [3.05, 3.63) is 0 Å². The summed E-state index contributed by atoms with van der Waals surface area (Å²) in [6, 6.07) is 0.233. The van der Waals surface area contributed by atoms with Gasteiger partial charge < -0.3 is 14.9 Å². The van der Waals surface area contributed by atoms with Gasteiger partial charge in [-0.2, -0.15) is 0 Å². The van der Waals surface area contributed by atoms with E-state index in [1.807, 2.05) is 0 Å². The molecule has 0 saturated carbocycles. The van der Waals surface area contributed by atoms with Crippen LogP contribution in [0.3, 0.4) is 0 Å². The molecule has 2 fully saturated rings. The van der Waals surface area contributed by atoms with Gasteiger partial charge in [0.2, 0.25) is 0 Å². The van der Waals surface area contributed by atoms with Crippen LogP contribution in [0.25, 0.3) is 0 Å². The van der Waals surface area contributed by atoms with Gasteiger partial charge in [-0.05, 0) is 58.2 Å². The van der Waals surface area contributed by atoms with Crippen molar-refractivity contribution >= 4 is 0 Å². The van der Waals surface area contributed by atoms with Crippen LogP contribution >= 0.6 is 0 Å². The monoisotopic (exact) mass is 314 g/mol. The van der Waals surface area contributed by atoms with Crippen LogP contribution in [-0.2, 0) is 4.74 Å². The third-order valence-corrected chi connectivity index (χ3v) is 5.04. The van der Waals surface area contributed by atoms with Crippen LogP contribution in [0.1, 0.15) is 44.9 Å². The normalized spacial score (nSPS) is 24.3. The number of nitrogens with zero attached hydrogens (tertiary/aromatic N) is 2. The number of piperidine rings is 1. The maximum atomic E-state index is 10.7. The van der Waals surface area contributed by atoms with Crippen molar-refractivity contribution in [2.24, 2.45) is 0 Å². The zero-order valence-corrected chi connectivity index (χ0v) is 14.0. The van der Waals surface area contributed by atoms with E-state index < -0.39 is 0 Å². The van der Waals surface area contributed by atoms with Crippen LogP contribution in [0.5, 0.6) is 0 Å². The fourth-order valence-electron chi connectivity index (χ4n) is 3.71. The van der Waals surface area contributed by atoms with Crippen molar-refractivity contribution in [3.8, 4) is 0 Å². The molecule has 2 aliphatic heterocycles. The molecular weight excluding hydrogens is 280 g/mol. The minimum absolute atomic E-state index is 0.227. The summed E-state index contributed by atoms with van der Waals surface area (Å²) in [6.45, 7) is 7.24. The maximum Gasteiger partial charge on any atom is 0.0695 e. The molecule has 2 saturated heterocycles. The summed E-state index contributed by atoms with van der Waals surface area (Å²) >= 11 is 0. The molecule has 0 bridgehead atoms. The minimum Gasteiger partial charge on any atom is -0.396 e. The highest BCUT2D eigenvalue weighted by Gasteiger charge is 2.26. The number of aliphatic hydroxyl groups is 2. The van der Waals surface area contributed by atoms with Crippen molar-refractivity contribution in [2.45, 2.75) is 57.1 Å². The van der Waals surface area contributed by atoms with E-state index in [1.165, 1.54) is 19.3 Å². The van der Waals surface area contributed by atoms with Gasteiger partial charge in [0, 0.05) is 25.7 Å². The molecule has 0 radical (unpaired) electrons. The summed E-state index contributed by atoms with van der Waals surface area (Å²) < 4.78 is 5.37. The highest BCUT2D eigenvalue weighted by atomic mass is 16.5. The van der Waals surface area contributed by atoms with Gasteiger partial charge in [0.25, 0.3) is 0 Å². The Morgan fingerprint density at radius 3 is 2.32 bits per heavy atom. The van der Waals surface area contributed by atoms with E-state index in [-0.39, 0.29) is 18.8 Å². The lowest BCUT2D eigenvalue weighted by molar-refractivity contribution is 0.0157. The highest BCUT2D eigenvalue weighted by molar-refractivity contribution is 4.81. The standard InChI is InChI=1S/C17H34N2O3/c20-13-5-6-16(19-9-2-1-3-10-19)17(21)7-4-8-18-11-14-22-15-12-18/h16-17,20-21H,1-15H2. The third kappa shape index (κ3) is 6.13. The first kappa shape index (κ1) is 18.1. The van der Waals surface area contributed by atoms with Gasteiger partial charge >= 0.3 is 0 Å². The predicted octanol–water partition coefficient (Wildman–Crippen LogP) is 1.09. The molecule has 130 valence electrons. The Bertz CT molecular complexity index is 279. The molecule has 2 atom stereocenters. The second kappa shape index (κ2) is 10.6. The minimum atomic E-state index is -0.259. The molecule has 0 aromatic rings. The summed E-state index contributed by atoms with van der Waals surface area (Å²) in [5.74, 6) is 0. The van der Waals surface area contributed by atoms with Crippen molar-refractivity contribution in [1.82, 2.24) is 9.80 Å². The molecule has 2 aliphatic rings. The molecule has 2 unspecified atom stereocenters. The lowest BCUT2D eigenvalue weighted by Crippen LogP contribution is -2.46. The van der Waals surface area contributed by atoms with Crippen LogP contribution in [0.15, 0.2) is 0 Å². The van der Waals surface area contributed by atoms with Gasteiger partial charge in [-0.3, -0.25) is 9.80 Å². The number of aliphatic hydroxyl groups excluding tert-OH is 2. The highest BCUT2D eigenvalue weighted by Crippen LogP contribution is 2.20. The SMILES string of the molecule is OCCCC(C(O)CCCN1CCOCC1)N1CCCCC1. The van der Waals surface area contributed by atoms with E-state index in [9.17, 15) is 5.11 Å². The van der Waals surface area contributed by atoms with Crippen LogP contribution in [0.2, 0.25) is 0 Å². The largest absolute Gasteiger partial charge is 0.396 e. The van der Waals surface area contributed by atoms with Crippen LogP contribution in [0, 0.1) is 0 Å². The molecule has 0 aromatic carbocycles. The first-order valence-corrected chi connectivity index (χ1v) is 9.14. The second-order valence-electron chi connectivity index (χ2n) is 6.69. The molecule has 0 aromatic heterocycles. The number of likely N-dealkylation sites (tertiary alicyclic amines) is 1. The zero-order chi connectivity index (χ0) is 15.6. The van der Waals surface area contributed by atoms with Gasteiger partial charge in [-0.1, -0.05) is 6.42 Å². The Balaban J connectivity index is 1.72. The van der Waals surface area contributed by atoms with Crippen LogP contribution in [0.4, 0.5) is 0 Å². The molecule has 2 heterocycles. The fourth-order valence-corrected chi connectivity index (χ4v) is 3.71. The van der Waals surface area contributed by atoms with Gasteiger partial charge in [-0.25, -0.2) is 0 Å². The van der Waals surface area contributed by atoms with E-state index in [0.29, 0.717) is 0 Å². The van der Waals surface area contributed by atoms with Crippen molar-refractivity contribution < 1.29 is 14.9 Å². The Labute approximate surface area is 135 Å². The Morgan fingerprint density at radius 1 is 0.909 bits per heavy atom. The fraction of sp³-hybridized carbons (Fsp3) is 1.00. The molecule has 0 spiro atoms. The predicted molar refractivity (Wildman–Crippen MR) is 88.0 cm³/mol. The number of morpholine rings is 1. The molecule has 2 N–H and O–H groups in total. The Kier molecular flexibility index (Phi) is 8.70. The first-order valence-electron chi connectivity index (χ1n) is 9.14. The zero-order valence-electron chi connectivity index (χ0n) is 14.0. The van der Waals surface area contributed by atoms with E-state index in [0.717, 1.165) is 71.6 Å². The van der Waals surface area contributed by atoms with Crippen molar-refractivity contribution in [1.29, 1.82) is 0 Å². The van der Waals surface area contributed by atoms with E-state index in [1.54, 1.807) is 0 Å². The maximum absolute atomic E-state index is 10.7. The molecule has 5 nitrogen and oxygen atoms in total. The first-order chi connectivity index (χ1) is 10.8. The molecule has 0 aliphatic carbocycles. The lowest BCUT2D eigenvalue weighted by atomic mass is 9.97.